The average molecular weight is 370 g/mol. The van der Waals surface area contributed by atoms with E-state index in [2.05, 4.69) is 5.32 Å². The Balaban J connectivity index is 1.37. The summed E-state index contributed by atoms with van der Waals surface area (Å²) in [5.41, 5.74) is 0.153. The van der Waals surface area contributed by atoms with Crippen LogP contribution in [0.25, 0.3) is 0 Å². The number of nitrogens with zero attached hydrogens (tertiary/aromatic N) is 1. The van der Waals surface area contributed by atoms with Crippen LogP contribution >= 0.6 is 0 Å². The lowest BCUT2D eigenvalue weighted by Crippen LogP contribution is -2.54. The molecule has 0 radical (unpaired) electrons. The second kappa shape index (κ2) is 7.18. The molecule has 2 heterocycles. The van der Waals surface area contributed by atoms with Gasteiger partial charge < -0.3 is 14.6 Å². The molecule has 1 aliphatic heterocycles. The molecule has 0 atom stereocenters. The summed E-state index contributed by atoms with van der Waals surface area (Å²) in [5, 5.41) is 3.15. The molecule has 1 saturated carbocycles. The molecule has 1 aliphatic carbocycles. The van der Waals surface area contributed by atoms with Crippen LogP contribution in [0.2, 0.25) is 0 Å². The van der Waals surface area contributed by atoms with Crippen LogP contribution in [0, 0.1) is 5.82 Å². The highest BCUT2D eigenvalue weighted by Gasteiger charge is 2.46. The lowest BCUT2D eigenvalue weighted by Gasteiger charge is -2.42. The van der Waals surface area contributed by atoms with Gasteiger partial charge in [0.1, 0.15) is 5.82 Å². The van der Waals surface area contributed by atoms with Crippen LogP contribution in [-0.4, -0.2) is 35.8 Å². The number of carbonyl (C=O) groups excluding carboxylic acids is 2. The molecule has 0 bridgehead atoms. The Labute approximate surface area is 157 Å². The van der Waals surface area contributed by atoms with Crippen molar-refractivity contribution in [3.05, 3.63) is 59.8 Å². The predicted octanol–water partition coefficient (Wildman–Crippen LogP) is 3.26. The molecule has 142 valence electrons. The normalized spacial score (nSPS) is 19.4. The number of nitrogens with one attached hydrogen (secondary N) is 1. The minimum atomic E-state index is -0.608. The second-order valence-corrected chi connectivity index (χ2v) is 7.46. The van der Waals surface area contributed by atoms with E-state index in [1.165, 1.54) is 18.4 Å². The first-order valence-corrected chi connectivity index (χ1v) is 9.48. The first-order chi connectivity index (χ1) is 13.1. The zero-order valence-electron chi connectivity index (χ0n) is 15.1. The molecule has 0 spiro atoms. The first kappa shape index (κ1) is 17.8. The molecule has 5 nitrogen and oxygen atoms in total. The first-order valence-electron chi connectivity index (χ1n) is 9.48. The van der Waals surface area contributed by atoms with Gasteiger partial charge >= 0.3 is 0 Å². The lowest BCUT2D eigenvalue weighted by molar-refractivity contribution is -0.131. The van der Waals surface area contributed by atoms with Gasteiger partial charge in [0.05, 0.1) is 11.7 Å². The molecule has 6 heteroatoms. The summed E-state index contributed by atoms with van der Waals surface area (Å²) in [6.07, 6.45) is 5.37. The molecule has 2 aromatic rings. The van der Waals surface area contributed by atoms with E-state index in [4.69, 9.17) is 4.42 Å². The summed E-state index contributed by atoms with van der Waals surface area (Å²) in [5.74, 6) is -0.0940. The summed E-state index contributed by atoms with van der Waals surface area (Å²) in [6.45, 7) is 1.16. The molecule has 1 aromatic heterocycles. The summed E-state index contributed by atoms with van der Waals surface area (Å²) >= 11 is 0. The molecule has 0 unspecified atom stereocenters. The van der Waals surface area contributed by atoms with Crippen molar-refractivity contribution in [2.75, 3.05) is 13.1 Å². The smallest absolute Gasteiger partial charge is 0.289 e. The average Bonchev–Trinajstić information content (AvgIpc) is 3.15. The summed E-state index contributed by atoms with van der Waals surface area (Å²) < 4.78 is 18.8. The molecule has 1 aromatic carbocycles. The van der Waals surface area contributed by atoms with E-state index in [-0.39, 0.29) is 23.7 Å². The predicted molar refractivity (Wildman–Crippen MR) is 97.7 cm³/mol. The van der Waals surface area contributed by atoms with Crippen LogP contribution in [0.5, 0.6) is 0 Å². The fraction of sp³-hybridized carbons (Fsp3) is 0.429. The number of halogens is 1. The van der Waals surface area contributed by atoms with Crippen LogP contribution in [0.3, 0.4) is 0 Å². The van der Waals surface area contributed by atoms with Crippen molar-refractivity contribution < 1.29 is 18.4 Å². The fourth-order valence-electron chi connectivity index (χ4n) is 4.07. The maximum atomic E-state index is 13.6. The van der Waals surface area contributed by atoms with E-state index in [0.717, 1.165) is 24.8 Å². The highest BCUT2D eigenvalue weighted by molar-refractivity contribution is 5.91. The number of piperidine rings is 1. The number of hydrogen-bond acceptors (Lipinski definition) is 3. The van der Waals surface area contributed by atoms with E-state index in [9.17, 15) is 14.0 Å². The number of rotatable bonds is 4. The summed E-state index contributed by atoms with van der Waals surface area (Å²) in [6, 6.07) is 9.77. The van der Waals surface area contributed by atoms with Crippen molar-refractivity contribution >= 4 is 11.8 Å². The number of amides is 2. The Morgan fingerprint density at radius 2 is 1.93 bits per heavy atom. The van der Waals surface area contributed by atoms with Crippen molar-refractivity contribution in [1.82, 2.24) is 10.2 Å². The number of hydrogen-bond donors (Lipinski definition) is 1. The van der Waals surface area contributed by atoms with E-state index in [1.54, 1.807) is 23.1 Å². The van der Waals surface area contributed by atoms with Gasteiger partial charge in [-0.1, -0.05) is 18.6 Å². The topological polar surface area (TPSA) is 62.6 Å². The van der Waals surface area contributed by atoms with Crippen LogP contribution in [0.1, 0.15) is 48.2 Å². The molecule has 1 saturated heterocycles. The third-order valence-corrected chi connectivity index (χ3v) is 5.87. The highest BCUT2D eigenvalue weighted by Crippen LogP contribution is 2.44. The molecular formula is C21H23FN2O3. The van der Waals surface area contributed by atoms with Gasteiger partial charge in [0.15, 0.2) is 5.76 Å². The largest absolute Gasteiger partial charge is 0.459 e. The van der Waals surface area contributed by atoms with E-state index < -0.39 is 5.41 Å². The van der Waals surface area contributed by atoms with Crippen molar-refractivity contribution in [1.29, 1.82) is 0 Å². The van der Waals surface area contributed by atoms with Crippen molar-refractivity contribution in [2.45, 2.75) is 43.6 Å². The number of carbonyl (C=O) groups is 2. The Bertz CT molecular complexity index is 822. The minimum absolute atomic E-state index is 0.0184. The number of furan rings is 1. The quantitative estimate of drug-likeness (QED) is 0.899. The zero-order valence-corrected chi connectivity index (χ0v) is 15.1. The molecule has 2 amide bonds. The van der Waals surface area contributed by atoms with Crippen molar-refractivity contribution in [2.24, 2.45) is 0 Å². The maximum absolute atomic E-state index is 13.6. The molecular weight excluding hydrogens is 347 g/mol. The van der Waals surface area contributed by atoms with Crippen LogP contribution in [-0.2, 0) is 10.2 Å². The number of benzene rings is 1. The third-order valence-electron chi connectivity index (χ3n) is 5.87. The standard InChI is InChI=1S/C21H23FN2O3/c22-16-5-1-4-15(14-16)21(9-3-10-21)20(26)23-17-7-11-24(12-8-17)19(25)18-6-2-13-27-18/h1-2,4-6,13-14,17H,3,7-12H2,(H,23,26). The molecule has 2 aliphatic rings. The Hall–Kier alpha value is -2.63. The third kappa shape index (κ3) is 3.36. The van der Waals surface area contributed by atoms with Crippen LogP contribution in [0.4, 0.5) is 4.39 Å². The van der Waals surface area contributed by atoms with Gasteiger partial charge in [-0.3, -0.25) is 9.59 Å². The lowest BCUT2D eigenvalue weighted by atomic mass is 9.63. The molecule has 4 rings (SSSR count). The molecule has 27 heavy (non-hydrogen) atoms. The number of likely N-dealkylation sites (tertiary alicyclic amines) is 1. The van der Waals surface area contributed by atoms with Gasteiger partial charge in [0.2, 0.25) is 5.91 Å². The molecule has 1 N–H and O–H groups in total. The van der Waals surface area contributed by atoms with Gasteiger partial charge in [-0.25, -0.2) is 4.39 Å². The Morgan fingerprint density at radius 1 is 1.15 bits per heavy atom. The van der Waals surface area contributed by atoms with E-state index in [0.29, 0.717) is 31.7 Å². The SMILES string of the molecule is O=C(c1ccco1)N1CCC(NC(=O)C2(c3cccc(F)c3)CCC2)CC1. The fourth-order valence-corrected chi connectivity index (χ4v) is 4.07. The van der Waals surface area contributed by atoms with Gasteiger partial charge in [-0.15, -0.1) is 0 Å². The summed E-state index contributed by atoms with van der Waals surface area (Å²) in [4.78, 5) is 27.1. The van der Waals surface area contributed by atoms with Gasteiger partial charge in [-0.2, -0.15) is 0 Å². The maximum Gasteiger partial charge on any atom is 0.289 e. The van der Waals surface area contributed by atoms with Crippen LogP contribution in [0.15, 0.2) is 47.1 Å². The van der Waals surface area contributed by atoms with E-state index in [1.807, 2.05) is 6.07 Å². The van der Waals surface area contributed by atoms with Gasteiger partial charge in [0, 0.05) is 19.1 Å². The van der Waals surface area contributed by atoms with Crippen LogP contribution < -0.4 is 5.32 Å². The summed E-state index contributed by atoms with van der Waals surface area (Å²) in [7, 11) is 0. The van der Waals surface area contributed by atoms with Crippen molar-refractivity contribution in [3.63, 3.8) is 0 Å². The van der Waals surface area contributed by atoms with Crippen molar-refractivity contribution in [3.8, 4) is 0 Å². The minimum Gasteiger partial charge on any atom is -0.459 e. The van der Waals surface area contributed by atoms with E-state index >= 15 is 0 Å². The zero-order chi connectivity index (χ0) is 18.9. The van der Waals surface area contributed by atoms with Gasteiger partial charge in [0.25, 0.3) is 5.91 Å². The highest BCUT2D eigenvalue weighted by atomic mass is 19.1. The Morgan fingerprint density at radius 3 is 2.52 bits per heavy atom. The monoisotopic (exact) mass is 370 g/mol. The second-order valence-electron chi connectivity index (χ2n) is 7.46. The van der Waals surface area contributed by atoms with Gasteiger partial charge in [-0.05, 0) is 55.5 Å². The Kier molecular flexibility index (Phi) is 4.72. The molecule has 2 fully saturated rings.